The van der Waals surface area contributed by atoms with Crippen LogP contribution in [0.3, 0.4) is 0 Å². The van der Waals surface area contributed by atoms with E-state index in [1.54, 1.807) is 0 Å². The number of nitrogens with two attached hydrogens (primary N) is 2. The van der Waals surface area contributed by atoms with Crippen molar-refractivity contribution in [2.75, 3.05) is 19.5 Å². The summed E-state index contributed by atoms with van der Waals surface area (Å²) in [6, 6.07) is 1.32. The highest BCUT2D eigenvalue weighted by atomic mass is 31.2. The molecule has 0 saturated carbocycles. The molecule has 7 N–H and O–H groups in total. The zero-order valence-corrected chi connectivity index (χ0v) is 12.5. The molecule has 0 radical (unpaired) electrons. The first-order valence-electron chi connectivity index (χ1n) is 6.12. The van der Waals surface area contributed by atoms with E-state index in [2.05, 4.69) is 4.98 Å². The molecule has 0 aliphatic carbocycles. The largest absolute Gasteiger partial charge is 0.384 e. The van der Waals surface area contributed by atoms with Crippen LogP contribution in [0.1, 0.15) is 6.23 Å². The Hall–Kier alpha value is -1.17. The average molecular weight is 336 g/mol. The van der Waals surface area contributed by atoms with Crippen LogP contribution in [0.2, 0.25) is 0 Å². The summed E-state index contributed by atoms with van der Waals surface area (Å²) in [6.07, 6.45) is -2.77. The number of hydrogen-bond donors (Lipinski definition) is 5. The van der Waals surface area contributed by atoms with Crippen molar-refractivity contribution in [2.24, 2.45) is 5.50 Å². The number of aromatic nitrogens is 2. The molecule has 2 heterocycles. The van der Waals surface area contributed by atoms with Gasteiger partial charge in [-0.1, -0.05) is 0 Å². The lowest BCUT2D eigenvalue weighted by Crippen LogP contribution is -2.50. The minimum Gasteiger partial charge on any atom is -0.384 e. The Labute approximate surface area is 126 Å². The Kier molecular flexibility index (Phi) is 5.10. The number of aliphatic hydroxyl groups excluding tert-OH is 1. The molecule has 2 rings (SSSR count). The third-order valence-electron chi connectivity index (χ3n) is 3.24. The highest BCUT2D eigenvalue weighted by molar-refractivity contribution is 7.43. The van der Waals surface area contributed by atoms with Crippen LogP contribution in [0, 0.1) is 0 Å². The molecule has 1 saturated heterocycles. The van der Waals surface area contributed by atoms with Crippen LogP contribution < -0.4 is 16.9 Å². The molecule has 124 valence electrons. The predicted molar refractivity (Wildman–Crippen MR) is 74.1 cm³/mol. The van der Waals surface area contributed by atoms with Crippen LogP contribution in [0.15, 0.2) is 17.1 Å². The van der Waals surface area contributed by atoms with Crippen LogP contribution in [0.5, 0.6) is 0 Å². The number of nitrogens with zero attached hydrogens (tertiary/aromatic N) is 2. The minimum absolute atomic E-state index is 0.00492. The van der Waals surface area contributed by atoms with Gasteiger partial charge in [-0.15, -0.1) is 0 Å². The van der Waals surface area contributed by atoms with Crippen LogP contribution in [-0.4, -0.2) is 56.4 Å². The van der Waals surface area contributed by atoms with Crippen molar-refractivity contribution in [3.63, 3.8) is 0 Å². The molecule has 1 aliphatic heterocycles. The summed E-state index contributed by atoms with van der Waals surface area (Å²) < 4.78 is 16.0. The van der Waals surface area contributed by atoms with Crippen LogP contribution in [0.4, 0.5) is 5.82 Å². The Balaban J connectivity index is 2.31. The molecular weight excluding hydrogens is 319 g/mol. The SMILES string of the molecule is CO[C@@]1(O)[C@H](O)[C@@H](COP(N)O)O[C@H]1n1ccc(N)nc1=O. The van der Waals surface area contributed by atoms with E-state index in [1.165, 1.54) is 12.3 Å². The molecule has 1 aromatic heterocycles. The molecule has 1 aromatic rings. The number of rotatable bonds is 5. The fourth-order valence-electron chi connectivity index (χ4n) is 2.12. The van der Waals surface area contributed by atoms with E-state index in [0.717, 1.165) is 11.7 Å². The molecule has 0 spiro atoms. The van der Waals surface area contributed by atoms with Crippen LogP contribution in [-0.2, 0) is 14.0 Å². The summed E-state index contributed by atoms with van der Waals surface area (Å²) >= 11 is 0. The zero-order chi connectivity index (χ0) is 16.5. The van der Waals surface area contributed by atoms with Crippen molar-refractivity contribution < 1.29 is 29.1 Å². The normalized spacial score (nSPS) is 33.0. The van der Waals surface area contributed by atoms with Crippen molar-refractivity contribution in [1.29, 1.82) is 0 Å². The highest BCUT2D eigenvalue weighted by Gasteiger charge is 2.57. The summed E-state index contributed by atoms with van der Waals surface area (Å²) in [5.74, 6) is -2.22. The molecule has 0 bridgehead atoms. The molecule has 22 heavy (non-hydrogen) atoms. The monoisotopic (exact) mass is 336 g/mol. The van der Waals surface area contributed by atoms with E-state index in [0.29, 0.717) is 0 Å². The van der Waals surface area contributed by atoms with E-state index in [9.17, 15) is 15.0 Å². The fraction of sp³-hybridized carbons (Fsp3) is 0.600. The van der Waals surface area contributed by atoms with E-state index in [1.807, 2.05) is 0 Å². The smallest absolute Gasteiger partial charge is 0.351 e. The van der Waals surface area contributed by atoms with Crippen molar-refractivity contribution in [1.82, 2.24) is 9.55 Å². The number of anilines is 1. The average Bonchev–Trinajstić information content (AvgIpc) is 2.70. The van der Waals surface area contributed by atoms with Gasteiger partial charge in [-0.3, -0.25) is 10.1 Å². The van der Waals surface area contributed by atoms with Gasteiger partial charge in [0.2, 0.25) is 14.3 Å². The zero-order valence-electron chi connectivity index (χ0n) is 11.6. The first-order valence-corrected chi connectivity index (χ1v) is 7.40. The molecule has 0 aromatic carbocycles. The van der Waals surface area contributed by atoms with Gasteiger partial charge in [0.05, 0.1) is 6.61 Å². The summed E-state index contributed by atoms with van der Waals surface area (Å²) in [5, 5.41) is 20.6. The van der Waals surface area contributed by atoms with Gasteiger partial charge in [-0.2, -0.15) is 4.98 Å². The minimum atomic E-state index is -2.22. The number of ether oxygens (including phenoxy) is 2. The third-order valence-corrected chi connectivity index (χ3v) is 3.65. The second-order valence-corrected chi connectivity index (χ2v) is 5.43. The molecule has 0 amide bonds. The lowest BCUT2D eigenvalue weighted by atomic mass is 10.1. The Morgan fingerprint density at radius 1 is 1.64 bits per heavy atom. The number of nitrogen functional groups attached to an aromatic ring is 1. The summed E-state index contributed by atoms with van der Waals surface area (Å²) in [4.78, 5) is 24.3. The fourth-order valence-corrected chi connectivity index (χ4v) is 2.42. The third kappa shape index (κ3) is 3.12. The van der Waals surface area contributed by atoms with Crippen LogP contribution >= 0.6 is 8.53 Å². The molecule has 1 unspecified atom stereocenters. The Bertz CT molecular complexity index is 585. The van der Waals surface area contributed by atoms with Gasteiger partial charge in [-0.05, 0) is 6.07 Å². The van der Waals surface area contributed by atoms with Crippen molar-refractivity contribution in [2.45, 2.75) is 24.2 Å². The highest BCUT2D eigenvalue weighted by Crippen LogP contribution is 2.39. The van der Waals surface area contributed by atoms with Crippen LogP contribution in [0.25, 0.3) is 0 Å². The summed E-state index contributed by atoms with van der Waals surface area (Å²) in [7, 11) is -1.02. The second-order valence-electron chi connectivity index (χ2n) is 4.57. The maximum Gasteiger partial charge on any atom is 0.351 e. The molecule has 1 fully saturated rings. The molecule has 12 heteroatoms. The van der Waals surface area contributed by atoms with Gasteiger partial charge in [0.25, 0.3) is 0 Å². The first-order chi connectivity index (χ1) is 10.3. The quantitative estimate of drug-likeness (QED) is 0.288. The predicted octanol–water partition coefficient (Wildman–Crippen LogP) is -2.39. The van der Waals surface area contributed by atoms with Gasteiger partial charge >= 0.3 is 5.69 Å². The van der Waals surface area contributed by atoms with E-state index in [-0.39, 0.29) is 12.4 Å². The molecule has 5 atom stereocenters. The maximum absolute atomic E-state index is 11.9. The van der Waals surface area contributed by atoms with Crippen molar-refractivity contribution in [3.05, 3.63) is 22.7 Å². The number of aliphatic hydroxyl groups is 2. The lowest BCUT2D eigenvalue weighted by Gasteiger charge is -2.29. The van der Waals surface area contributed by atoms with Gasteiger partial charge in [0.1, 0.15) is 18.0 Å². The van der Waals surface area contributed by atoms with Gasteiger partial charge in [-0.25, -0.2) is 4.79 Å². The van der Waals surface area contributed by atoms with Crippen molar-refractivity contribution in [3.8, 4) is 0 Å². The Morgan fingerprint density at radius 2 is 2.32 bits per heavy atom. The summed E-state index contributed by atoms with van der Waals surface area (Å²) in [5.41, 5.74) is 9.69. The van der Waals surface area contributed by atoms with Gasteiger partial charge in [0.15, 0.2) is 6.23 Å². The maximum atomic E-state index is 11.9. The van der Waals surface area contributed by atoms with E-state index < -0.39 is 38.4 Å². The number of methoxy groups -OCH3 is 1. The molecule has 11 nitrogen and oxygen atoms in total. The first kappa shape index (κ1) is 17.2. The van der Waals surface area contributed by atoms with E-state index in [4.69, 9.17) is 30.1 Å². The topological polar surface area (TPSA) is 175 Å². The van der Waals surface area contributed by atoms with Crippen molar-refractivity contribution >= 4 is 14.3 Å². The lowest BCUT2D eigenvalue weighted by molar-refractivity contribution is -0.265. The van der Waals surface area contributed by atoms with Gasteiger partial charge < -0.3 is 34.8 Å². The molecule has 1 aliphatic rings. The Morgan fingerprint density at radius 3 is 2.86 bits per heavy atom. The van der Waals surface area contributed by atoms with E-state index >= 15 is 0 Å². The number of hydrogen-bond acceptors (Lipinski definition) is 10. The standard InChI is InChI=1S/C10H17N4O7P/c1-19-10(17)7(15)5(4-20-22(12)18)21-8(10)14-3-2-6(11)13-9(14)16/h2-3,5,7-8,15,17-18H,4,12H2,1H3,(H2,11,13,16)/t5-,7-,8-,10+,22?/m1/s1. The second kappa shape index (κ2) is 6.52. The summed E-state index contributed by atoms with van der Waals surface area (Å²) in [6.45, 7) is -0.306. The molecular formula is C10H17N4O7P. The van der Waals surface area contributed by atoms with Gasteiger partial charge in [0, 0.05) is 13.3 Å².